The van der Waals surface area contributed by atoms with E-state index in [1.807, 2.05) is 0 Å². The maximum absolute atomic E-state index is 12.9. The second kappa shape index (κ2) is 4.28. The van der Waals surface area contributed by atoms with Gasteiger partial charge in [-0.3, -0.25) is 0 Å². The molecule has 0 radical (unpaired) electrons. The number of hydrogen-bond donors (Lipinski definition) is 1. The molecule has 1 aromatic rings. The molecule has 0 saturated carbocycles. The molecule has 0 aliphatic carbocycles. The number of alkyl halides is 2. The quantitative estimate of drug-likeness (QED) is 0.764. The SMILES string of the molecule is COc1cc(C(F)F)c(CN)nc1F. The van der Waals surface area contributed by atoms with Gasteiger partial charge in [0.1, 0.15) is 0 Å². The standard InChI is InChI=1S/C8H9F3N2O/c1-14-6-2-4(7(9)10)5(3-12)13-8(6)11/h2,7H,3,12H2,1H3. The lowest BCUT2D eigenvalue weighted by molar-refractivity contribution is 0.148. The molecule has 0 aliphatic heterocycles. The number of pyridine rings is 1. The van der Waals surface area contributed by atoms with Gasteiger partial charge < -0.3 is 10.5 Å². The van der Waals surface area contributed by atoms with E-state index >= 15 is 0 Å². The Labute approximate surface area is 78.7 Å². The molecule has 0 aliphatic rings. The Balaban J connectivity index is 3.25. The smallest absolute Gasteiger partial charge is 0.265 e. The third kappa shape index (κ3) is 1.95. The summed E-state index contributed by atoms with van der Waals surface area (Å²) in [6, 6.07) is 0.912. The van der Waals surface area contributed by atoms with Crippen LogP contribution < -0.4 is 10.5 Å². The zero-order valence-electron chi connectivity index (χ0n) is 7.43. The Morgan fingerprint density at radius 3 is 2.64 bits per heavy atom. The maximum atomic E-state index is 12.9. The van der Waals surface area contributed by atoms with Gasteiger partial charge in [-0.15, -0.1) is 0 Å². The Hall–Kier alpha value is -1.30. The second-order valence-corrected chi connectivity index (χ2v) is 2.52. The summed E-state index contributed by atoms with van der Waals surface area (Å²) in [5, 5.41) is 0. The maximum Gasteiger partial charge on any atom is 0.265 e. The minimum absolute atomic E-state index is 0.154. The van der Waals surface area contributed by atoms with Crippen molar-refractivity contribution >= 4 is 0 Å². The van der Waals surface area contributed by atoms with E-state index in [0.717, 1.165) is 6.07 Å². The third-order valence-corrected chi connectivity index (χ3v) is 1.70. The predicted molar refractivity (Wildman–Crippen MR) is 43.6 cm³/mol. The summed E-state index contributed by atoms with van der Waals surface area (Å²) in [5.74, 6) is -1.24. The molecule has 0 unspecified atom stereocenters. The molecule has 0 spiro atoms. The molecule has 2 N–H and O–H groups in total. The highest BCUT2D eigenvalue weighted by atomic mass is 19.3. The Kier molecular flexibility index (Phi) is 3.29. The molecule has 14 heavy (non-hydrogen) atoms. The number of halogens is 3. The van der Waals surface area contributed by atoms with Gasteiger partial charge in [-0.25, -0.2) is 13.8 Å². The number of aromatic nitrogens is 1. The molecule has 0 aromatic carbocycles. The van der Waals surface area contributed by atoms with E-state index in [4.69, 9.17) is 5.73 Å². The monoisotopic (exact) mass is 206 g/mol. The van der Waals surface area contributed by atoms with E-state index in [-0.39, 0.29) is 18.0 Å². The van der Waals surface area contributed by atoms with Crippen LogP contribution >= 0.6 is 0 Å². The molecule has 0 saturated heterocycles. The molecule has 0 fully saturated rings. The van der Waals surface area contributed by atoms with Gasteiger partial charge in [0.15, 0.2) is 5.75 Å². The molecule has 78 valence electrons. The Morgan fingerprint density at radius 2 is 2.21 bits per heavy atom. The lowest BCUT2D eigenvalue weighted by Gasteiger charge is -2.08. The average molecular weight is 206 g/mol. The van der Waals surface area contributed by atoms with E-state index in [1.54, 1.807) is 0 Å². The number of rotatable bonds is 3. The van der Waals surface area contributed by atoms with E-state index in [2.05, 4.69) is 9.72 Å². The topological polar surface area (TPSA) is 48.1 Å². The largest absolute Gasteiger partial charge is 0.492 e. The first-order chi connectivity index (χ1) is 6.60. The lowest BCUT2D eigenvalue weighted by atomic mass is 10.2. The fraction of sp³-hybridized carbons (Fsp3) is 0.375. The summed E-state index contributed by atoms with van der Waals surface area (Å²) in [6.07, 6.45) is -2.74. The van der Waals surface area contributed by atoms with Crippen molar-refractivity contribution in [2.24, 2.45) is 5.73 Å². The van der Waals surface area contributed by atoms with Crippen molar-refractivity contribution < 1.29 is 17.9 Å². The molecular formula is C8H9F3N2O. The first-order valence-corrected chi connectivity index (χ1v) is 3.81. The van der Waals surface area contributed by atoms with E-state index in [1.165, 1.54) is 7.11 Å². The predicted octanol–water partition coefficient (Wildman–Crippen LogP) is 1.63. The second-order valence-electron chi connectivity index (χ2n) is 2.52. The van der Waals surface area contributed by atoms with Gasteiger partial charge in [0.25, 0.3) is 12.4 Å². The van der Waals surface area contributed by atoms with Crippen molar-refractivity contribution in [3.05, 3.63) is 23.3 Å². The van der Waals surface area contributed by atoms with Crippen LogP contribution in [0.25, 0.3) is 0 Å². The third-order valence-electron chi connectivity index (χ3n) is 1.70. The minimum Gasteiger partial charge on any atom is -0.492 e. The molecule has 1 rings (SSSR count). The summed E-state index contributed by atoms with van der Waals surface area (Å²) in [7, 11) is 1.18. The first-order valence-electron chi connectivity index (χ1n) is 3.81. The summed E-state index contributed by atoms with van der Waals surface area (Å²) in [5.41, 5.74) is 4.59. The minimum atomic E-state index is -2.74. The molecule has 0 amide bonds. The van der Waals surface area contributed by atoms with Crippen molar-refractivity contribution in [3.63, 3.8) is 0 Å². The summed E-state index contributed by atoms with van der Waals surface area (Å²) in [6.45, 7) is -0.236. The fourth-order valence-corrected chi connectivity index (χ4v) is 1.02. The van der Waals surface area contributed by atoms with Crippen LogP contribution in [0.3, 0.4) is 0 Å². The first kappa shape index (κ1) is 10.8. The van der Waals surface area contributed by atoms with E-state index in [0.29, 0.717) is 0 Å². The van der Waals surface area contributed by atoms with Crippen molar-refractivity contribution in [2.75, 3.05) is 7.11 Å². The zero-order chi connectivity index (χ0) is 10.7. The summed E-state index contributed by atoms with van der Waals surface area (Å²) >= 11 is 0. The van der Waals surface area contributed by atoms with E-state index in [9.17, 15) is 13.2 Å². The van der Waals surface area contributed by atoms with Gasteiger partial charge in [0, 0.05) is 12.1 Å². The summed E-state index contributed by atoms with van der Waals surface area (Å²) < 4.78 is 42.2. The van der Waals surface area contributed by atoms with Crippen molar-refractivity contribution in [1.82, 2.24) is 4.98 Å². The van der Waals surface area contributed by atoms with Crippen LogP contribution in [0.4, 0.5) is 13.2 Å². The molecule has 6 heteroatoms. The molecule has 0 bridgehead atoms. The van der Waals surface area contributed by atoms with Crippen molar-refractivity contribution in [1.29, 1.82) is 0 Å². The van der Waals surface area contributed by atoms with Gasteiger partial charge in [-0.1, -0.05) is 0 Å². The molecular weight excluding hydrogens is 197 g/mol. The number of nitrogens with zero attached hydrogens (tertiary/aromatic N) is 1. The number of ether oxygens (including phenoxy) is 1. The van der Waals surface area contributed by atoms with Gasteiger partial charge >= 0.3 is 0 Å². The fourth-order valence-electron chi connectivity index (χ4n) is 1.02. The number of hydrogen-bond acceptors (Lipinski definition) is 3. The van der Waals surface area contributed by atoms with Crippen molar-refractivity contribution in [3.8, 4) is 5.75 Å². The average Bonchev–Trinajstić information content (AvgIpc) is 2.16. The van der Waals surface area contributed by atoms with Crippen LogP contribution in [0.15, 0.2) is 6.07 Å². The van der Waals surface area contributed by atoms with E-state index < -0.39 is 17.9 Å². The highest BCUT2D eigenvalue weighted by Crippen LogP contribution is 2.27. The van der Waals surface area contributed by atoms with Crippen LogP contribution in [0, 0.1) is 5.95 Å². The Bertz CT molecular complexity index is 331. The molecule has 1 aromatic heterocycles. The van der Waals surface area contributed by atoms with Crippen LogP contribution in [-0.4, -0.2) is 12.1 Å². The number of nitrogens with two attached hydrogens (primary N) is 1. The van der Waals surface area contributed by atoms with Gasteiger partial charge in [-0.05, 0) is 6.07 Å². The Morgan fingerprint density at radius 1 is 1.57 bits per heavy atom. The molecule has 0 atom stereocenters. The van der Waals surface area contributed by atoms with Gasteiger partial charge in [-0.2, -0.15) is 4.39 Å². The highest BCUT2D eigenvalue weighted by Gasteiger charge is 2.17. The van der Waals surface area contributed by atoms with Crippen molar-refractivity contribution in [2.45, 2.75) is 13.0 Å². The number of methoxy groups -OCH3 is 1. The normalized spacial score (nSPS) is 10.7. The van der Waals surface area contributed by atoms with Crippen LogP contribution in [0.1, 0.15) is 17.7 Å². The molecule has 1 heterocycles. The highest BCUT2D eigenvalue weighted by molar-refractivity contribution is 5.31. The summed E-state index contributed by atoms with van der Waals surface area (Å²) in [4.78, 5) is 3.29. The zero-order valence-corrected chi connectivity index (χ0v) is 7.43. The lowest BCUT2D eigenvalue weighted by Crippen LogP contribution is -2.07. The van der Waals surface area contributed by atoms with Gasteiger partial charge in [0.2, 0.25) is 0 Å². The van der Waals surface area contributed by atoms with Crippen LogP contribution in [-0.2, 0) is 6.54 Å². The van der Waals surface area contributed by atoms with Crippen LogP contribution in [0.2, 0.25) is 0 Å². The van der Waals surface area contributed by atoms with Crippen LogP contribution in [0.5, 0.6) is 5.75 Å². The van der Waals surface area contributed by atoms with Gasteiger partial charge in [0.05, 0.1) is 12.8 Å². The molecule has 3 nitrogen and oxygen atoms in total.